The second-order valence-corrected chi connectivity index (χ2v) is 2.39. The third-order valence-electron chi connectivity index (χ3n) is 1.46. The van der Waals surface area contributed by atoms with Crippen molar-refractivity contribution >= 4 is 0 Å². The molecule has 0 unspecified atom stereocenters. The zero-order chi connectivity index (χ0) is 8.10. The van der Waals surface area contributed by atoms with Crippen LogP contribution in [0.25, 0.3) is 0 Å². The van der Waals surface area contributed by atoms with E-state index in [4.69, 9.17) is 10.2 Å². The lowest BCUT2D eigenvalue weighted by Crippen LogP contribution is -2.15. The molecule has 1 heterocycles. The fourth-order valence-corrected chi connectivity index (χ4v) is 0.805. The van der Waals surface area contributed by atoms with Crippen molar-refractivity contribution in [3.63, 3.8) is 0 Å². The Hall–Kier alpha value is -0.870. The van der Waals surface area contributed by atoms with Gasteiger partial charge in [0, 0.05) is 18.9 Å². The number of aliphatic hydroxyl groups excluding tert-OH is 2. The molecule has 11 heavy (non-hydrogen) atoms. The number of nitrogens with zero attached hydrogens (tertiary/aromatic N) is 2. The lowest BCUT2D eigenvalue weighted by Gasteiger charge is -2.05. The van der Waals surface area contributed by atoms with E-state index in [9.17, 15) is 0 Å². The van der Waals surface area contributed by atoms with Gasteiger partial charge in [0.1, 0.15) is 0 Å². The van der Waals surface area contributed by atoms with Gasteiger partial charge in [-0.05, 0) is 12.5 Å². The Labute approximate surface area is 65.1 Å². The fraction of sp³-hybridized carbons (Fsp3) is 0.571. The van der Waals surface area contributed by atoms with Crippen LogP contribution in [0.3, 0.4) is 0 Å². The Bertz CT molecular complexity index is 186. The summed E-state index contributed by atoms with van der Waals surface area (Å²) >= 11 is 0. The number of hydrogen-bond donors (Lipinski definition) is 2. The highest BCUT2D eigenvalue weighted by Crippen LogP contribution is 1.94. The van der Waals surface area contributed by atoms with Gasteiger partial charge in [0.25, 0.3) is 0 Å². The van der Waals surface area contributed by atoms with Gasteiger partial charge >= 0.3 is 0 Å². The highest BCUT2D eigenvalue weighted by atomic mass is 16.3. The molecule has 0 spiro atoms. The molecule has 0 saturated heterocycles. The van der Waals surface area contributed by atoms with E-state index in [2.05, 4.69) is 5.10 Å². The third-order valence-corrected chi connectivity index (χ3v) is 1.46. The van der Waals surface area contributed by atoms with E-state index >= 15 is 0 Å². The van der Waals surface area contributed by atoms with Gasteiger partial charge in [-0.3, -0.25) is 4.68 Å². The van der Waals surface area contributed by atoms with Crippen molar-refractivity contribution in [2.45, 2.75) is 19.1 Å². The van der Waals surface area contributed by atoms with Crippen molar-refractivity contribution in [1.82, 2.24) is 9.78 Å². The molecule has 0 amide bonds. The number of aryl methyl sites for hydroxylation is 1. The lowest BCUT2D eigenvalue weighted by atomic mass is 10.3. The fourth-order valence-electron chi connectivity index (χ4n) is 0.805. The minimum Gasteiger partial charge on any atom is -0.394 e. The highest BCUT2D eigenvalue weighted by molar-refractivity contribution is 4.77. The maximum atomic E-state index is 8.97. The molecule has 1 atom stereocenters. The predicted molar refractivity (Wildman–Crippen MR) is 39.9 cm³/mol. The Balaban J connectivity index is 2.23. The van der Waals surface area contributed by atoms with Crippen LogP contribution in [0, 0.1) is 0 Å². The molecule has 0 aliphatic carbocycles. The average Bonchev–Trinajstić information content (AvgIpc) is 2.52. The Morgan fingerprint density at radius 3 is 2.91 bits per heavy atom. The van der Waals surface area contributed by atoms with Gasteiger partial charge in [0.15, 0.2) is 0 Å². The molecule has 1 aromatic rings. The minimum absolute atomic E-state index is 0.179. The summed E-state index contributed by atoms with van der Waals surface area (Å²) < 4.78 is 1.72. The monoisotopic (exact) mass is 156 g/mol. The van der Waals surface area contributed by atoms with Gasteiger partial charge < -0.3 is 10.2 Å². The molecule has 0 radical (unpaired) electrons. The van der Waals surface area contributed by atoms with Crippen LogP contribution in [0.1, 0.15) is 6.42 Å². The maximum absolute atomic E-state index is 8.97. The lowest BCUT2D eigenvalue weighted by molar-refractivity contribution is 0.0838. The molecule has 0 aromatic carbocycles. The molecule has 2 N–H and O–H groups in total. The second-order valence-electron chi connectivity index (χ2n) is 2.39. The summed E-state index contributed by atoms with van der Waals surface area (Å²) in [6.07, 6.45) is 3.42. The second kappa shape index (κ2) is 4.10. The van der Waals surface area contributed by atoms with E-state index in [1.54, 1.807) is 10.9 Å². The Morgan fingerprint density at radius 2 is 2.36 bits per heavy atom. The van der Waals surface area contributed by atoms with E-state index in [0.717, 1.165) is 0 Å². The van der Waals surface area contributed by atoms with Crippen LogP contribution in [0.5, 0.6) is 0 Å². The standard InChI is InChI=1S/C7H12N2O2/c10-6-7(11)2-5-9-4-1-3-8-9/h1,3-4,7,10-11H,2,5-6H2/t7-/m0/s1. The molecule has 4 nitrogen and oxygen atoms in total. The first-order chi connectivity index (χ1) is 5.33. The smallest absolute Gasteiger partial charge is 0.0788 e. The van der Waals surface area contributed by atoms with Crippen molar-refractivity contribution in [3.05, 3.63) is 18.5 Å². The van der Waals surface area contributed by atoms with E-state index in [0.29, 0.717) is 13.0 Å². The summed E-state index contributed by atoms with van der Waals surface area (Å²) in [5, 5.41) is 21.4. The summed E-state index contributed by atoms with van der Waals surface area (Å²) in [6, 6.07) is 1.82. The number of rotatable bonds is 4. The van der Waals surface area contributed by atoms with Gasteiger partial charge in [0.2, 0.25) is 0 Å². The zero-order valence-electron chi connectivity index (χ0n) is 6.22. The van der Waals surface area contributed by atoms with Gasteiger partial charge in [0.05, 0.1) is 12.7 Å². The molecule has 0 saturated carbocycles. The first kappa shape index (κ1) is 8.23. The summed E-state index contributed by atoms with van der Waals surface area (Å²) in [7, 11) is 0. The minimum atomic E-state index is -0.626. The van der Waals surface area contributed by atoms with Crippen LogP contribution in [-0.2, 0) is 6.54 Å². The van der Waals surface area contributed by atoms with Gasteiger partial charge in [-0.25, -0.2) is 0 Å². The van der Waals surface area contributed by atoms with E-state index in [1.165, 1.54) is 0 Å². The first-order valence-electron chi connectivity index (χ1n) is 3.59. The molecular formula is C7H12N2O2. The summed E-state index contributed by atoms with van der Waals surface area (Å²) in [6.45, 7) is 0.468. The van der Waals surface area contributed by atoms with E-state index < -0.39 is 6.10 Å². The molecule has 1 rings (SSSR count). The molecule has 1 aromatic heterocycles. The molecule has 0 aliphatic rings. The topological polar surface area (TPSA) is 58.3 Å². The van der Waals surface area contributed by atoms with Crippen molar-refractivity contribution in [3.8, 4) is 0 Å². The predicted octanol–water partition coefficient (Wildman–Crippen LogP) is -0.374. The first-order valence-corrected chi connectivity index (χ1v) is 3.59. The SMILES string of the molecule is OC[C@@H](O)CCn1cccn1. The van der Waals surface area contributed by atoms with Crippen molar-refractivity contribution in [2.75, 3.05) is 6.61 Å². The van der Waals surface area contributed by atoms with Gasteiger partial charge in [-0.15, -0.1) is 0 Å². The van der Waals surface area contributed by atoms with Crippen molar-refractivity contribution < 1.29 is 10.2 Å². The van der Waals surface area contributed by atoms with Crippen LogP contribution in [-0.4, -0.2) is 32.7 Å². The van der Waals surface area contributed by atoms with Crippen molar-refractivity contribution in [2.24, 2.45) is 0 Å². The van der Waals surface area contributed by atoms with E-state index in [1.807, 2.05) is 12.3 Å². The summed E-state index contributed by atoms with van der Waals surface area (Å²) in [5.74, 6) is 0. The molecule has 62 valence electrons. The third kappa shape index (κ3) is 2.69. The molecule has 0 fully saturated rings. The summed E-state index contributed by atoms with van der Waals surface area (Å²) in [5.41, 5.74) is 0. The Kier molecular flexibility index (Phi) is 3.07. The average molecular weight is 156 g/mol. The van der Waals surface area contributed by atoms with Crippen LogP contribution in [0.15, 0.2) is 18.5 Å². The quantitative estimate of drug-likeness (QED) is 0.625. The maximum Gasteiger partial charge on any atom is 0.0788 e. The molecule has 0 bridgehead atoms. The molecular weight excluding hydrogens is 144 g/mol. The largest absolute Gasteiger partial charge is 0.394 e. The highest BCUT2D eigenvalue weighted by Gasteiger charge is 2.00. The number of aromatic nitrogens is 2. The number of aliphatic hydroxyl groups is 2. The normalized spacial score (nSPS) is 13.3. The van der Waals surface area contributed by atoms with Crippen molar-refractivity contribution in [1.29, 1.82) is 0 Å². The molecule has 4 heteroatoms. The van der Waals surface area contributed by atoms with E-state index in [-0.39, 0.29) is 6.61 Å². The van der Waals surface area contributed by atoms with Gasteiger partial charge in [-0.1, -0.05) is 0 Å². The zero-order valence-corrected chi connectivity index (χ0v) is 6.22. The van der Waals surface area contributed by atoms with Crippen LogP contribution in [0.2, 0.25) is 0 Å². The molecule has 0 aliphatic heterocycles. The Morgan fingerprint density at radius 1 is 1.55 bits per heavy atom. The van der Waals surface area contributed by atoms with Crippen LogP contribution >= 0.6 is 0 Å². The van der Waals surface area contributed by atoms with Gasteiger partial charge in [-0.2, -0.15) is 5.10 Å². The number of hydrogen-bond acceptors (Lipinski definition) is 3. The summed E-state index contributed by atoms with van der Waals surface area (Å²) in [4.78, 5) is 0. The van der Waals surface area contributed by atoms with Crippen LogP contribution in [0.4, 0.5) is 0 Å². The van der Waals surface area contributed by atoms with Crippen LogP contribution < -0.4 is 0 Å².